The molecule has 0 spiro atoms. The molecule has 4 nitrogen and oxygen atoms in total. The normalized spacial score (nSPS) is 31.7. The summed E-state index contributed by atoms with van der Waals surface area (Å²) < 4.78 is 0. The molecule has 1 saturated carbocycles. The Morgan fingerprint density at radius 3 is 2.26 bits per heavy atom. The van der Waals surface area contributed by atoms with Gasteiger partial charge in [0, 0.05) is 13.1 Å². The van der Waals surface area contributed by atoms with Gasteiger partial charge in [-0.15, -0.1) is 0 Å². The van der Waals surface area contributed by atoms with E-state index in [1.807, 2.05) is 4.90 Å². The van der Waals surface area contributed by atoms with Gasteiger partial charge >= 0.3 is 5.97 Å². The predicted molar refractivity (Wildman–Crippen MR) is 72.6 cm³/mol. The Bertz CT molecular complexity index is 353. The summed E-state index contributed by atoms with van der Waals surface area (Å²) in [6.07, 6.45) is 4.40. The summed E-state index contributed by atoms with van der Waals surface area (Å²) in [5.41, 5.74) is 0. The number of carboxylic acid groups (broad SMARTS) is 1. The van der Waals surface area contributed by atoms with Crippen LogP contribution < -0.4 is 0 Å². The van der Waals surface area contributed by atoms with E-state index in [9.17, 15) is 14.7 Å². The fraction of sp³-hybridized carbons (Fsp3) is 0.867. The fourth-order valence-electron chi connectivity index (χ4n) is 3.49. The highest BCUT2D eigenvalue weighted by Gasteiger charge is 2.39. The van der Waals surface area contributed by atoms with Crippen LogP contribution in [0.15, 0.2) is 0 Å². The maximum atomic E-state index is 12.5. The molecule has 1 saturated heterocycles. The van der Waals surface area contributed by atoms with Crippen LogP contribution in [0.2, 0.25) is 0 Å². The molecule has 3 atom stereocenters. The van der Waals surface area contributed by atoms with Crippen molar-refractivity contribution < 1.29 is 14.7 Å². The maximum Gasteiger partial charge on any atom is 0.307 e. The molecule has 1 aliphatic carbocycles. The second-order valence-corrected chi connectivity index (χ2v) is 6.41. The monoisotopic (exact) mass is 267 g/mol. The van der Waals surface area contributed by atoms with Gasteiger partial charge in [0.15, 0.2) is 0 Å². The smallest absolute Gasteiger partial charge is 0.307 e. The summed E-state index contributed by atoms with van der Waals surface area (Å²) in [4.78, 5) is 25.7. The number of nitrogens with zero attached hydrogens (tertiary/aromatic N) is 1. The summed E-state index contributed by atoms with van der Waals surface area (Å²) in [6.45, 7) is 6.02. The van der Waals surface area contributed by atoms with E-state index in [4.69, 9.17) is 0 Å². The first-order chi connectivity index (χ1) is 9.00. The van der Waals surface area contributed by atoms with Crippen LogP contribution in [0.3, 0.4) is 0 Å². The molecule has 1 amide bonds. The Kier molecular flexibility index (Phi) is 4.48. The molecular formula is C15H25NO3. The first-order valence-electron chi connectivity index (χ1n) is 7.52. The van der Waals surface area contributed by atoms with Crippen molar-refractivity contribution >= 4 is 11.9 Å². The SMILES string of the molecule is CC(C)C1CCN(C(=O)[C@@H]2CCCC[C@@H]2C(=O)O)C1. The Hall–Kier alpha value is -1.06. The number of hydrogen-bond acceptors (Lipinski definition) is 2. The first kappa shape index (κ1) is 14.4. The van der Waals surface area contributed by atoms with Gasteiger partial charge in [0.2, 0.25) is 5.91 Å². The van der Waals surface area contributed by atoms with Crippen LogP contribution in [-0.4, -0.2) is 35.0 Å². The number of carboxylic acids is 1. The van der Waals surface area contributed by atoms with Gasteiger partial charge in [-0.3, -0.25) is 9.59 Å². The Balaban J connectivity index is 2.00. The molecule has 0 bridgehead atoms. The average molecular weight is 267 g/mol. The third kappa shape index (κ3) is 3.10. The van der Waals surface area contributed by atoms with Gasteiger partial charge in [0.25, 0.3) is 0 Å². The van der Waals surface area contributed by atoms with Crippen LogP contribution in [0.4, 0.5) is 0 Å². The van der Waals surface area contributed by atoms with E-state index in [1.165, 1.54) is 0 Å². The summed E-state index contributed by atoms with van der Waals surface area (Å²) >= 11 is 0. The lowest BCUT2D eigenvalue weighted by Crippen LogP contribution is -2.41. The van der Waals surface area contributed by atoms with Gasteiger partial charge in [-0.05, 0) is 31.1 Å². The minimum atomic E-state index is -0.794. The van der Waals surface area contributed by atoms with Gasteiger partial charge in [-0.25, -0.2) is 0 Å². The molecule has 4 heteroatoms. The van der Waals surface area contributed by atoms with Crippen molar-refractivity contribution in [1.82, 2.24) is 4.90 Å². The highest BCUT2D eigenvalue weighted by molar-refractivity contribution is 5.85. The predicted octanol–water partition coefficient (Wildman–Crippen LogP) is 2.38. The lowest BCUT2D eigenvalue weighted by molar-refractivity contribution is -0.152. The molecule has 108 valence electrons. The lowest BCUT2D eigenvalue weighted by Gasteiger charge is -2.31. The largest absolute Gasteiger partial charge is 0.481 e. The van der Waals surface area contributed by atoms with Gasteiger partial charge in [-0.2, -0.15) is 0 Å². The zero-order chi connectivity index (χ0) is 14.0. The van der Waals surface area contributed by atoms with E-state index < -0.39 is 11.9 Å². The second kappa shape index (κ2) is 5.93. The van der Waals surface area contributed by atoms with Crippen LogP contribution >= 0.6 is 0 Å². The Morgan fingerprint density at radius 2 is 1.74 bits per heavy atom. The first-order valence-corrected chi connectivity index (χ1v) is 7.52. The minimum Gasteiger partial charge on any atom is -0.481 e. The van der Waals surface area contributed by atoms with Gasteiger partial charge in [0.1, 0.15) is 0 Å². The Labute approximate surface area is 115 Å². The number of rotatable bonds is 3. The molecular weight excluding hydrogens is 242 g/mol. The van der Waals surface area contributed by atoms with Gasteiger partial charge in [-0.1, -0.05) is 26.7 Å². The zero-order valence-corrected chi connectivity index (χ0v) is 12.0. The van der Waals surface area contributed by atoms with Crippen molar-refractivity contribution in [3.8, 4) is 0 Å². The molecule has 1 heterocycles. The molecule has 1 N–H and O–H groups in total. The quantitative estimate of drug-likeness (QED) is 0.854. The van der Waals surface area contributed by atoms with E-state index in [1.54, 1.807) is 0 Å². The highest BCUT2D eigenvalue weighted by Crippen LogP contribution is 2.34. The average Bonchev–Trinajstić information content (AvgIpc) is 2.87. The van der Waals surface area contributed by atoms with Crippen molar-refractivity contribution in [2.45, 2.75) is 46.0 Å². The molecule has 1 aliphatic heterocycles. The van der Waals surface area contributed by atoms with Crippen LogP contribution in [-0.2, 0) is 9.59 Å². The van der Waals surface area contributed by atoms with Gasteiger partial charge in [0.05, 0.1) is 11.8 Å². The van der Waals surface area contributed by atoms with Crippen molar-refractivity contribution in [3.63, 3.8) is 0 Å². The van der Waals surface area contributed by atoms with E-state index in [0.717, 1.165) is 38.8 Å². The minimum absolute atomic E-state index is 0.0928. The van der Waals surface area contributed by atoms with Crippen LogP contribution in [0, 0.1) is 23.7 Å². The fourth-order valence-corrected chi connectivity index (χ4v) is 3.49. The summed E-state index contributed by atoms with van der Waals surface area (Å²) in [5.74, 6) is -0.264. The number of carbonyl (C=O) groups excluding carboxylic acids is 1. The molecule has 2 fully saturated rings. The van der Waals surface area contributed by atoms with Crippen molar-refractivity contribution in [1.29, 1.82) is 0 Å². The number of hydrogen-bond donors (Lipinski definition) is 1. The van der Waals surface area contributed by atoms with Crippen molar-refractivity contribution in [2.75, 3.05) is 13.1 Å². The topological polar surface area (TPSA) is 57.6 Å². The zero-order valence-electron chi connectivity index (χ0n) is 12.0. The molecule has 19 heavy (non-hydrogen) atoms. The number of carbonyl (C=O) groups is 2. The highest BCUT2D eigenvalue weighted by atomic mass is 16.4. The van der Waals surface area contributed by atoms with E-state index in [2.05, 4.69) is 13.8 Å². The number of likely N-dealkylation sites (tertiary alicyclic amines) is 1. The molecule has 0 aromatic rings. The number of aliphatic carboxylic acids is 1. The molecule has 2 aliphatic rings. The Morgan fingerprint density at radius 1 is 1.11 bits per heavy atom. The van der Waals surface area contributed by atoms with Crippen LogP contribution in [0.25, 0.3) is 0 Å². The summed E-state index contributed by atoms with van der Waals surface area (Å²) in [7, 11) is 0. The third-order valence-electron chi connectivity index (χ3n) is 4.88. The molecule has 1 unspecified atom stereocenters. The van der Waals surface area contributed by atoms with E-state index in [-0.39, 0.29) is 11.8 Å². The van der Waals surface area contributed by atoms with Gasteiger partial charge < -0.3 is 10.0 Å². The number of amides is 1. The van der Waals surface area contributed by atoms with Crippen molar-refractivity contribution in [2.24, 2.45) is 23.7 Å². The standard InChI is InChI=1S/C15H25NO3/c1-10(2)11-7-8-16(9-11)14(17)12-5-3-4-6-13(12)15(18)19/h10-13H,3-9H2,1-2H3,(H,18,19)/t11?,12-,13+/m1/s1. The second-order valence-electron chi connectivity index (χ2n) is 6.41. The molecule has 2 rings (SSSR count). The van der Waals surface area contributed by atoms with E-state index in [0.29, 0.717) is 18.3 Å². The van der Waals surface area contributed by atoms with Crippen LogP contribution in [0.1, 0.15) is 46.0 Å². The van der Waals surface area contributed by atoms with E-state index >= 15 is 0 Å². The third-order valence-corrected chi connectivity index (χ3v) is 4.88. The summed E-state index contributed by atoms with van der Waals surface area (Å²) in [6, 6.07) is 0. The van der Waals surface area contributed by atoms with Crippen LogP contribution in [0.5, 0.6) is 0 Å². The van der Waals surface area contributed by atoms with Crippen molar-refractivity contribution in [3.05, 3.63) is 0 Å². The summed E-state index contributed by atoms with van der Waals surface area (Å²) in [5, 5.41) is 9.27. The molecule has 0 aromatic carbocycles. The lowest BCUT2D eigenvalue weighted by atomic mass is 9.78. The maximum absolute atomic E-state index is 12.5. The molecule has 0 aromatic heterocycles. The molecule has 0 radical (unpaired) electrons.